The molecular weight excluding hydrogens is 659 g/mol. The Morgan fingerprint density at radius 1 is 0.960 bits per heavy atom. The molecule has 0 saturated heterocycles. The van der Waals surface area contributed by atoms with Crippen molar-refractivity contribution in [3.63, 3.8) is 0 Å². The van der Waals surface area contributed by atoms with Crippen LogP contribution in [0.2, 0.25) is 0 Å². The van der Waals surface area contributed by atoms with Gasteiger partial charge < -0.3 is 30.5 Å². The van der Waals surface area contributed by atoms with Crippen LogP contribution >= 0.6 is 11.3 Å². The molecule has 4 unspecified atom stereocenters. The second-order valence-electron chi connectivity index (χ2n) is 13.0. The number of hydrogen-bond donors (Lipinski definition) is 4. The minimum absolute atomic E-state index is 0.0155. The fourth-order valence-corrected chi connectivity index (χ4v) is 5.64. The van der Waals surface area contributed by atoms with Gasteiger partial charge in [0.1, 0.15) is 23.6 Å². The predicted octanol–water partition coefficient (Wildman–Crippen LogP) is 5.44. The lowest BCUT2D eigenvalue weighted by Gasteiger charge is -2.26. The Balaban J connectivity index is 0.00000295. The molecule has 282 valence electrons. The molecule has 1 aromatic carbocycles. The van der Waals surface area contributed by atoms with Crippen molar-refractivity contribution in [3.8, 4) is 0 Å². The van der Waals surface area contributed by atoms with Crippen molar-refractivity contribution in [1.29, 1.82) is 0 Å². The van der Waals surface area contributed by atoms with Crippen molar-refractivity contribution in [2.75, 3.05) is 40.6 Å². The highest BCUT2D eigenvalue weighted by Crippen LogP contribution is 2.28. The summed E-state index contributed by atoms with van der Waals surface area (Å²) in [4.78, 5) is 56.4. The molecule has 0 fully saturated rings. The summed E-state index contributed by atoms with van der Waals surface area (Å²) in [7, 11) is 3.38. The van der Waals surface area contributed by atoms with E-state index < -0.39 is 29.9 Å². The van der Waals surface area contributed by atoms with E-state index in [1.165, 1.54) is 31.3 Å². The van der Waals surface area contributed by atoms with E-state index >= 15 is 0 Å². The van der Waals surface area contributed by atoms with Crippen molar-refractivity contribution in [2.45, 2.75) is 105 Å². The number of unbranched alkanes of at least 4 members (excludes halogenated alkanes) is 2. The number of ether oxygens (including phenoxy) is 2. The summed E-state index contributed by atoms with van der Waals surface area (Å²) in [6.07, 6.45) is 5.21. The van der Waals surface area contributed by atoms with Crippen molar-refractivity contribution in [3.05, 3.63) is 52.0 Å². The van der Waals surface area contributed by atoms with E-state index in [0.717, 1.165) is 24.9 Å². The summed E-state index contributed by atoms with van der Waals surface area (Å²) < 4.78 is 11.1. The zero-order valence-electron chi connectivity index (χ0n) is 31.3. The molecule has 4 atom stereocenters. The summed E-state index contributed by atoms with van der Waals surface area (Å²) in [5.41, 5.74) is 1.18. The van der Waals surface area contributed by atoms with E-state index in [1.54, 1.807) is 12.3 Å². The Kier molecular flexibility index (Phi) is 22.8. The SMILES string of the molecule is CCCC.CCCCN(C)CC(=O)NCC(=O)NC(CC(OCOC)c1nc(C(=O)NC(Cc2ccccc2)CC(C)C(=O)O)cs1)C(C)C. The maximum absolute atomic E-state index is 13.3. The van der Waals surface area contributed by atoms with Gasteiger partial charge in [0.05, 0.1) is 19.0 Å². The molecule has 1 heterocycles. The Hall–Kier alpha value is -3.39. The van der Waals surface area contributed by atoms with Crippen molar-refractivity contribution in [1.82, 2.24) is 25.8 Å². The van der Waals surface area contributed by atoms with Crippen molar-refractivity contribution in [2.24, 2.45) is 11.8 Å². The van der Waals surface area contributed by atoms with Gasteiger partial charge in [-0.25, -0.2) is 4.98 Å². The lowest BCUT2D eigenvalue weighted by atomic mass is 9.96. The molecule has 12 nitrogen and oxygen atoms in total. The quantitative estimate of drug-likeness (QED) is 0.110. The van der Waals surface area contributed by atoms with Gasteiger partial charge in [-0.2, -0.15) is 0 Å². The molecule has 1 aromatic heterocycles. The molecule has 4 N–H and O–H groups in total. The van der Waals surface area contributed by atoms with Gasteiger partial charge in [0.2, 0.25) is 11.8 Å². The van der Waals surface area contributed by atoms with E-state index in [9.17, 15) is 24.3 Å². The van der Waals surface area contributed by atoms with Gasteiger partial charge in [-0.1, -0.05) is 91.1 Å². The summed E-state index contributed by atoms with van der Waals surface area (Å²) in [5, 5.41) is 20.3. The zero-order valence-corrected chi connectivity index (χ0v) is 32.1. The van der Waals surface area contributed by atoms with Gasteiger partial charge in [-0.15, -0.1) is 11.3 Å². The summed E-state index contributed by atoms with van der Waals surface area (Å²) in [6.45, 7) is 12.9. The first kappa shape index (κ1) is 44.6. The van der Waals surface area contributed by atoms with Crippen LogP contribution in [0.25, 0.3) is 0 Å². The predicted molar refractivity (Wildman–Crippen MR) is 198 cm³/mol. The number of amides is 3. The van der Waals surface area contributed by atoms with Crippen LogP contribution in [0.15, 0.2) is 35.7 Å². The average Bonchev–Trinajstić information content (AvgIpc) is 3.58. The molecular formula is C37H61N5O7S. The average molecular weight is 720 g/mol. The van der Waals surface area contributed by atoms with Crippen LogP contribution in [-0.4, -0.2) is 91.3 Å². The Bertz CT molecular complexity index is 1260. The van der Waals surface area contributed by atoms with Gasteiger partial charge in [0.25, 0.3) is 5.91 Å². The minimum Gasteiger partial charge on any atom is -0.481 e. The Labute approximate surface area is 303 Å². The Morgan fingerprint density at radius 3 is 2.22 bits per heavy atom. The molecule has 0 aliphatic carbocycles. The van der Waals surface area contributed by atoms with E-state index in [4.69, 9.17) is 9.47 Å². The number of carboxylic acids is 1. The third kappa shape index (κ3) is 18.6. The summed E-state index contributed by atoms with van der Waals surface area (Å²) in [5.74, 6) is -2.47. The first-order valence-electron chi connectivity index (χ1n) is 17.7. The van der Waals surface area contributed by atoms with Crippen LogP contribution in [0.3, 0.4) is 0 Å². The van der Waals surface area contributed by atoms with Crippen LogP contribution in [0.4, 0.5) is 0 Å². The molecule has 0 spiro atoms. The number of likely N-dealkylation sites (N-methyl/N-ethyl adjacent to an activating group) is 1. The molecule has 2 aromatic rings. The molecule has 0 bridgehead atoms. The smallest absolute Gasteiger partial charge is 0.306 e. The molecule has 0 aliphatic heterocycles. The fourth-order valence-electron chi connectivity index (χ4n) is 4.78. The van der Waals surface area contributed by atoms with E-state index in [-0.39, 0.29) is 55.8 Å². The number of carboxylic acid groups (broad SMARTS) is 1. The number of nitrogens with one attached hydrogen (secondary N) is 3. The second-order valence-corrected chi connectivity index (χ2v) is 13.9. The maximum atomic E-state index is 13.3. The summed E-state index contributed by atoms with van der Waals surface area (Å²) in [6, 6.07) is 8.86. The van der Waals surface area contributed by atoms with Crippen LogP contribution < -0.4 is 16.0 Å². The third-order valence-electron chi connectivity index (χ3n) is 8.01. The van der Waals surface area contributed by atoms with Gasteiger partial charge in [0.15, 0.2) is 0 Å². The van der Waals surface area contributed by atoms with Crippen LogP contribution in [0.1, 0.15) is 107 Å². The molecule has 0 aliphatic rings. The monoisotopic (exact) mass is 719 g/mol. The normalized spacial score (nSPS) is 13.5. The van der Waals surface area contributed by atoms with Crippen LogP contribution in [0, 0.1) is 11.8 Å². The third-order valence-corrected chi connectivity index (χ3v) is 8.95. The highest BCUT2D eigenvalue weighted by molar-refractivity contribution is 7.09. The van der Waals surface area contributed by atoms with Gasteiger partial charge in [-0.05, 0) is 44.3 Å². The van der Waals surface area contributed by atoms with E-state index in [0.29, 0.717) is 17.8 Å². The molecule has 0 saturated carbocycles. The highest BCUT2D eigenvalue weighted by Gasteiger charge is 2.27. The number of carbonyl (C=O) groups is 4. The number of aromatic nitrogens is 1. The number of methoxy groups -OCH3 is 1. The van der Waals surface area contributed by atoms with Gasteiger partial charge >= 0.3 is 5.97 Å². The number of hydrogen-bond acceptors (Lipinski definition) is 9. The molecule has 3 amide bonds. The largest absolute Gasteiger partial charge is 0.481 e. The highest BCUT2D eigenvalue weighted by atomic mass is 32.1. The van der Waals surface area contributed by atoms with Crippen LogP contribution in [0.5, 0.6) is 0 Å². The molecule has 2 rings (SSSR count). The van der Waals surface area contributed by atoms with Gasteiger partial charge in [0, 0.05) is 31.0 Å². The lowest BCUT2D eigenvalue weighted by Crippen LogP contribution is -2.46. The zero-order chi connectivity index (χ0) is 37.5. The van der Waals surface area contributed by atoms with E-state index in [1.807, 2.05) is 56.1 Å². The minimum atomic E-state index is -0.925. The van der Waals surface area contributed by atoms with Crippen LogP contribution in [-0.2, 0) is 30.3 Å². The number of nitrogens with zero attached hydrogens (tertiary/aromatic N) is 2. The number of benzene rings is 1. The number of aliphatic carboxylic acids is 1. The second kappa shape index (κ2) is 25.5. The fraction of sp³-hybridized carbons (Fsp3) is 0.649. The summed E-state index contributed by atoms with van der Waals surface area (Å²) >= 11 is 1.26. The first-order chi connectivity index (χ1) is 23.8. The number of thiazole rings is 1. The van der Waals surface area contributed by atoms with Crippen molar-refractivity contribution < 1.29 is 33.8 Å². The Morgan fingerprint density at radius 2 is 1.64 bits per heavy atom. The van der Waals surface area contributed by atoms with Gasteiger partial charge in [-0.3, -0.25) is 24.1 Å². The first-order valence-corrected chi connectivity index (χ1v) is 18.6. The number of carbonyl (C=O) groups excluding carboxylic acids is 3. The molecule has 50 heavy (non-hydrogen) atoms. The topological polar surface area (TPSA) is 159 Å². The van der Waals surface area contributed by atoms with Crippen molar-refractivity contribution >= 4 is 35.0 Å². The molecule has 13 heteroatoms. The molecule has 0 radical (unpaired) electrons. The number of rotatable bonds is 23. The van der Waals surface area contributed by atoms with E-state index in [2.05, 4.69) is 41.7 Å². The maximum Gasteiger partial charge on any atom is 0.306 e. The standard InChI is InChI=1S/C33H51N5O7S.C4H10/c1-7-8-14-38(5)19-30(40)34-18-29(39)36-26(22(2)3)17-28(45-21-44-6)32-37-27(20-46-32)31(41)35-25(15-23(4)33(42)43)16-24-12-10-9-11-13-24;1-3-4-2/h9-13,20,22-23,25-26,28H,7-8,14-19,21H2,1-6H3,(H,34,40)(H,35,41)(H,36,39)(H,42,43);3-4H2,1-2H3. The lowest BCUT2D eigenvalue weighted by molar-refractivity contribution is -0.141.